The molecule has 0 radical (unpaired) electrons. The van der Waals surface area contributed by atoms with Gasteiger partial charge < -0.3 is 9.72 Å². The molecule has 3 nitrogen and oxygen atoms in total. The van der Waals surface area contributed by atoms with Gasteiger partial charge in [0.05, 0.1) is 10.9 Å². The molecule has 0 unspecified atom stereocenters. The summed E-state index contributed by atoms with van der Waals surface area (Å²) in [5.41, 5.74) is -0.438. The molecule has 0 fully saturated rings. The van der Waals surface area contributed by atoms with E-state index in [4.69, 9.17) is 16.3 Å². The molecule has 1 N–H and O–H groups in total. The molecule has 2 heterocycles. The number of nitrogens with one attached hydrogen (secondary N) is 1. The van der Waals surface area contributed by atoms with Crippen molar-refractivity contribution in [3.63, 3.8) is 0 Å². The van der Waals surface area contributed by atoms with E-state index in [2.05, 4.69) is 4.98 Å². The van der Waals surface area contributed by atoms with E-state index in [0.717, 1.165) is 12.3 Å². The minimum atomic E-state index is -4.49. The maximum atomic E-state index is 14.4. The summed E-state index contributed by atoms with van der Waals surface area (Å²) in [6.45, 7) is -0.619. The van der Waals surface area contributed by atoms with E-state index in [1.165, 1.54) is 12.1 Å². The number of alkyl halides is 3. The Labute approximate surface area is 132 Å². The number of aromatic amines is 1. The minimum Gasteiger partial charge on any atom is -0.491 e. The van der Waals surface area contributed by atoms with Crippen molar-refractivity contribution in [2.45, 2.75) is 12.6 Å². The third kappa shape index (κ3) is 2.93. The molecule has 1 aliphatic heterocycles. The quantitative estimate of drug-likeness (QED) is 0.733. The molecule has 0 amide bonds. The lowest BCUT2D eigenvalue weighted by Crippen LogP contribution is -2.32. The molecular formula is C15H10ClF4NO2. The van der Waals surface area contributed by atoms with Gasteiger partial charge in [0, 0.05) is 23.4 Å². The van der Waals surface area contributed by atoms with Crippen LogP contribution in [0.5, 0.6) is 5.75 Å². The summed E-state index contributed by atoms with van der Waals surface area (Å²) in [6, 6.07) is 3.63. The molecule has 1 aromatic heterocycles. The van der Waals surface area contributed by atoms with Crippen LogP contribution >= 0.6 is 11.6 Å². The van der Waals surface area contributed by atoms with Crippen LogP contribution in [-0.2, 0) is 6.42 Å². The lowest BCUT2D eigenvalue weighted by Gasteiger charge is -2.26. The lowest BCUT2D eigenvalue weighted by molar-refractivity contribution is -0.181. The highest BCUT2D eigenvalue weighted by Crippen LogP contribution is 2.41. The van der Waals surface area contributed by atoms with Gasteiger partial charge in [-0.3, -0.25) is 4.79 Å². The minimum absolute atomic E-state index is 0.0269. The molecule has 0 bridgehead atoms. The molecule has 1 aliphatic rings. The summed E-state index contributed by atoms with van der Waals surface area (Å²) in [6.07, 6.45) is -3.83. The highest BCUT2D eigenvalue weighted by Gasteiger charge is 2.41. The number of fused-ring (bicyclic) bond motifs is 3. The van der Waals surface area contributed by atoms with Crippen molar-refractivity contribution in [3.8, 4) is 16.9 Å². The Hall–Kier alpha value is -2.02. The van der Waals surface area contributed by atoms with Crippen LogP contribution < -0.4 is 10.3 Å². The zero-order valence-electron chi connectivity index (χ0n) is 11.5. The lowest BCUT2D eigenvalue weighted by atomic mass is 9.90. The van der Waals surface area contributed by atoms with Crippen molar-refractivity contribution in [2.75, 3.05) is 6.61 Å². The maximum absolute atomic E-state index is 14.4. The molecule has 0 saturated heterocycles. The maximum Gasteiger partial charge on any atom is 0.395 e. The van der Waals surface area contributed by atoms with E-state index in [-0.39, 0.29) is 27.5 Å². The predicted octanol–water partition coefficient (Wildman–Crippen LogP) is 3.95. The topological polar surface area (TPSA) is 42.1 Å². The van der Waals surface area contributed by atoms with Gasteiger partial charge in [0.1, 0.15) is 18.2 Å². The van der Waals surface area contributed by atoms with Gasteiger partial charge in [-0.25, -0.2) is 4.39 Å². The molecule has 0 saturated carbocycles. The van der Waals surface area contributed by atoms with Gasteiger partial charge in [-0.1, -0.05) is 17.7 Å². The summed E-state index contributed by atoms with van der Waals surface area (Å²) < 4.78 is 59.0. The van der Waals surface area contributed by atoms with Crippen LogP contribution in [0.1, 0.15) is 5.56 Å². The number of pyridine rings is 1. The zero-order chi connectivity index (χ0) is 16.8. The molecular weight excluding hydrogens is 338 g/mol. The Bertz CT molecular complexity index is 816. The van der Waals surface area contributed by atoms with Gasteiger partial charge in [-0.2, -0.15) is 13.2 Å². The number of hydrogen-bond donors (Lipinski definition) is 1. The Morgan fingerprint density at radius 1 is 1.30 bits per heavy atom. The molecule has 122 valence electrons. The first kappa shape index (κ1) is 15.9. The SMILES string of the molecule is O=c1cc2c(c[nH]1)OC[C@H](C(F)(F)F)Cc1ccc(Cl)c(F)c1-2. The average Bonchev–Trinajstić information content (AvgIpc) is 2.44. The van der Waals surface area contributed by atoms with Crippen LogP contribution in [-0.4, -0.2) is 17.8 Å². The highest BCUT2D eigenvalue weighted by molar-refractivity contribution is 6.31. The molecule has 23 heavy (non-hydrogen) atoms. The van der Waals surface area contributed by atoms with Crippen molar-refractivity contribution in [1.82, 2.24) is 4.98 Å². The molecule has 0 aliphatic carbocycles. The Balaban J connectivity index is 2.26. The van der Waals surface area contributed by atoms with E-state index < -0.39 is 36.5 Å². The number of rotatable bonds is 0. The molecule has 1 atom stereocenters. The van der Waals surface area contributed by atoms with Crippen molar-refractivity contribution in [1.29, 1.82) is 0 Å². The van der Waals surface area contributed by atoms with Crippen LogP contribution in [0.25, 0.3) is 11.1 Å². The fourth-order valence-corrected chi connectivity index (χ4v) is 2.71. The van der Waals surface area contributed by atoms with E-state index in [0.29, 0.717) is 0 Å². The molecule has 3 rings (SSSR count). The fraction of sp³-hybridized carbons (Fsp3) is 0.267. The second-order valence-corrected chi connectivity index (χ2v) is 5.63. The summed E-state index contributed by atoms with van der Waals surface area (Å²) in [7, 11) is 0. The number of ether oxygens (including phenoxy) is 1. The van der Waals surface area contributed by atoms with Crippen molar-refractivity contribution in [2.24, 2.45) is 5.92 Å². The molecule has 8 heteroatoms. The smallest absolute Gasteiger partial charge is 0.395 e. The average molecular weight is 348 g/mol. The molecule has 1 aromatic carbocycles. The molecule has 2 aromatic rings. The van der Waals surface area contributed by atoms with Gasteiger partial charge >= 0.3 is 6.18 Å². The summed E-state index contributed by atoms with van der Waals surface area (Å²) >= 11 is 5.75. The number of hydrogen-bond acceptors (Lipinski definition) is 2. The number of benzene rings is 1. The van der Waals surface area contributed by atoms with Gasteiger partial charge in [-0.05, 0) is 18.1 Å². The third-order valence-electron chi connectivity index (χ3n) is 3.71. The van der Waals surface area contributed by atoms with Gasteiger partial charge in [-0.15, -0.1) is 0 Å². The summed E-state index contributed by atoms with van der Waals surface area (Å²) in [4.78, 5) is 13.8. The number of H-pyrrole nitrogens is 1. The van der Waals surface area contributed by atoms with Crippen molar-refractivity contribution in [3.05, 3.63) is 51.2 Å². The second-order valence-electron chi connectivity index (χ2n) is 5.22. The van der Waals surface area contributed by atoms with Crippen LogP contribution in [0.2, 0.25) is 5.02 Å². The Kier molecular flexibility index (Phi) is 3.83. The fourth-order valence-electron chi connectivity index (χ4n) is 2.55. The first-order chi connectivity index (χ1) is 10.8. The van der Waals surface area contributed by atoms with E-state index in [1.807, 2.05) is 0 Å². The van der Waals surface area contributed by atoms with E-state index >= 15 is 0 Å². The van der Waals surface area contributed by atoms with Crippen LogP contribution in [0, 0.1) is 11.7 Å². The second kappa shape index (κ2) is 5.56. The van der Waals surface area contributed by atoms with Crippen LogP contribution in [0.3, 0.4) is 0 Å². The normalized spacial score (nSPS) is 17.5. The predicted molar refractivity (Wildman–Crippen MR) is 76.2 cm³/mol. The summed E-state index contributed by atoms with van der Waals surface area (Å²) in [5.74, 6) is -2.69. The monoisotopic (exact) mass is 347 g/mol. The first-order valence-electron chi connectivity index (χ1n) is 6.67. The zero-order valence-corrected chi connectivity index (χ0v) is 12.3. The van der Waals surface area contributed by atoms with Crippen LogP contribution in [0.15, 0.2) is 29.2 Å². The summed E-state index contributed by atoms with van der Waals surface area (Å²) in [5, 5.41) is -0.237. The largest absolute Gasteiger partial charge is 0.491 e. The van der Waals surface area contributed by atoms with Gasteiger partial charge in [0.15, 0.2) is 0 Å². The van der Waals surface area contributed by atoms with E-state index in [1.54, 1.807) is 0 Å². The Morgan fingerprint density at radius 2 is 2.04 bits per heavy atom. The van der Waals surface area contributed by atoms with Crippen molar-refractivity contribution >= 4 is 11.6 Å². The third-order valence-corrected chi connectivity index (χ3v) is 4.00. The van der Waals surface area contributed by atoms with Crippen LogP contribution in [0.4, 0.5) is 17.6 Å². The van der Waals surface area contributed by atoms with Crippen molar-refractivity contribution < 1.29 is 22.3 Å². The Morgan fingerprint density at radius 3 is 2.74 bits per heavy atom. The first-order valence-corrected chi connectivity index (χ1v) is 7.04. The standard InChI is InChI=1S/C15H10ClF4NO2/c16-10-2-1-7-3-8(15(18,19)20)6-23-11-5-21-12(22)4-9(11)13(7)14(10)17/h1-2,4-5,8H,3,6H2,(H,21,22)/t8-/m1/s1. The van der Waals surface area contributed by atoms with E-state index in [9.17, 15) is 22.4 Å². The van der Waals surface area contributed by atoms with Gasteiger partial charge in [0.25, 0.3) is 0 Å². The molecule has 0 spiro atoms. The highest BCUT2D eigenvalue weighted by atomic mass is 35.5. The van der Waals surface area contributed by atoms with Gasteiger partial charge in [0.2, 0.25) is 5.56 Å². The number of halogens is 5. The number of aromatic nitrogens is 1.